The maximum atomic E-state index is 13.0. The highest BCUT2D eigenvalue weighted by atomic mass is 16.5. The lowest BCUT2D eigenvalue weighted by atomic mass is 9.33. The van der Waals surface area contributed by atoms with Crippen molar-refractivity contribution in [2.75, 3.05) is 6.61 Å². The van der Waals surface area contributed by atoms with Gasteiger partial charge in [-0.05, 0) is 55.0 Å². The Morgan fingerprint density at radius 2 is 1.90 bits per heavy atom. The predicted octanol–water partition coefficient (Wildman–Crippen LogP) is 0.275. The number of ketones is 2. The fraction of sp³-hybridized carbons (Fsp3) is 0.696. The van der Waals surface area contributed by atoms with Crippen molar-refractivity contribution in [1.29, 1.82) is 0 Å². The minimum atomic E-state index is -2.11. The van der Waals surface area contributed by atoms with E-state index in [0.29, 0.717) is 12.8 Å². The SMILES string of the molecule is B[C@]12C(CCC3=CC(=O)C=CC31C)C1C[C@@H](O)[C@](O)(C(=O)COC(C)=O)C1(C)C[C@@H]2O. The highest BCUT2D eigenvalue weighted by Crippen LogP contribution is 2.74. The lowest BCUT2D eigenvalue weighted by Crippen LogP contribution is -2.65. The van der Waals surface area contributed by atoms with E-state index in [9.17, 15) is 29.7 Å². The zero-order chi connectivity index (χ0) is 23.0. The van der Waals surface area contributed by atoms with Gasteiger partial charge in [0.25, 0.3) is 0 Å². The monoisotopic (exact) mass is 430 g/mol. The fourth-order valence-electron chi connectivity index (χ4n) is 7.44. The maximum absolute atomic E-state index is 13.0. The van der Waals surface area contributed by atoms with Crippen LogP contribution in [0.5, 0.6) is 0 Å². The van der Waals surface area contributed by atoms with E-state index in [1.165, 1.54) is 6.92 Å². The molecule has 0 aromatic carbocycles. The molecule has 0 bridgehead atoms. The molecule has 0 heterocycles. The topological polar surface area (TPSA) is 121 Å². The zero-order valence-corrected chi connectivity index (χ0v) is 18.6. The first-order valence-corrected chi connectivity index (χ1v) is 11.0. The van der Waals surface area contributed by atoms with Crippen molar-refractivity contribution >= 4 is 25.4 Å². The summed E-state index contributed by atoms with van der Waals surface area (Å²) in [5, 5.41) is 33.4. The number of hydrogen-bond donors (Lipinski definition) is 3. The number of aliphatic hydroxyl groups excluding tert-OH is 2. The first-order chi connectivity index (χ1) is 14.3. The molecule has 3 fully saturated rings. The lowest BCUT2D eigenvalue weighted by molar-refractivity contribution is -0.189. The van der Waals surface area contributed by atoms with Crippen LogP contribution in [-0.2, 0) is 19.1 Å². The summed E-state index contributed by atoms with van der Waals surface area (Å²) in [4.78, 5) is 36.2. The van der Waals surface area contributed by atoms with Gasteiger partial charge >= 0.3 is 5.97 Å². The van der Waals surface area contributed by atoms with Gasteiger partial charge < -0.3 is 20.1 Å². The second kappa shape index (κ2) is 6.86. The average Bonchev–Trinajstić information content (AvgIpc) is 2.89. The minimum Gasteiger partial charge on any atom is -0.458 e. The lowest BCUT2D eigenvalue weighted by Gasteiger charge is -2.65. The van der Waals surface area contributed by atoms with E-state index in [4.69, 9.17) is 4.74 Å². The molecule has 4 rings (SSSR count). The molecule has 0 aliphatic heterocycles. The molecule has 31 heavy (non-hydrogen) atoms. The number of fused-ring (bicyclic) bond motifs is 5. The molecule has 8 heteroatoms. The summed E-state index contributed by atoms with van der Waals surface area (Å²) >= 11 is 0. The summed E-state index contributed by atoms with van der Waals surface area (Å²) < 4.78 is 4.83. The summed E-state index contributed by atoms with van der Waals surface area (Å²) in [6.07, 6.45) is 4.66. The van der Waals surface area contributed by atoms with E-state index < -0.39 is 52.3 Å². The molecule has 7 nitrogen and oxygen atoms in total. The van der Waals surface area contributed by atoms with Crippen molar-refractivity contribution in [3.8, 4) is 0 Å². The zero-order valence-electron chi connectivity index (χ0n) is 18.6. The van der Waals surface area contributed by atoms with Crippen LogP contribution < -0.4 is 0 Å². The second-order valence-electron chi connectivity index (χ2n) is 10.5. The second-order valence-corrected chi connectivity index (χ2v) is 10.5. The number of rotatable bonds is 3. The molecule has 4 aliphatic rings. The standard InChI is InChI=1S/C23H31BO7/c1-12(25)31-11-19(29)23(30)17(27)9-16-15-5-4-13-8-14(26)6-7-20(13,2)22(15,24)18(28)10-21(16,23)3/h6-8,15-18,27-28,30H,4-5,9-11,24H2,1-3H3/t15?,16?,17-,18+,20?,21?,22+,23+/m1/s1. The molecule has 0 amide bonds. The maximum Gasteiger partial charge on any atom is 0.303 e. The quantitative estimate of drug-likeness (QED) is 0.434. The number of esters is 1. The number of carbonyl (C=O) groups is 3. The fourth-order valence-corrected chi connectivity index (χ4v) is 7.44. The van der Waals surface area contributed by atoms with Crippen LogP contribution in [0, 0.1) is 22.7 Å². The summed E-state index contributed by atoms with van der Waals surface area (Å²) in [6, 6.07) is 0. The van der Waals surface area contributed by atoms with Crippen LogP contribution in [0.25, 0.3) is 0 Å². The number of Topliss-reactive ketones (excluding diaryl/α,β-unsaturated/α-hetero) is 1. The van der Waals surface area contributed by atoms with Crippen LogP contribution >= 0.6 is 0 Å². The summed E-state index contributed by atoms with van der Waals surface area (Å²) in [5.74, 6) is -1.72. The van der Waals surface area contributed by atoms with Gasteiger partial charge in [-0.3, -0.25) is 14.4 Å². The summed E-state index contributed by atoms with van der Waals surface area (Å²) in [5.41, 5.74) is -2.71. The third kappa shape index (κ3) is 2.67. The molecule has 3 N–H and O–H groups in total. The highest BCUT2D eigenvalue weighted by Gasteiger charge is 2.74. The van der Waals surface area contributed by atoms with E-state index in [2.05, 4.69) is 0 Å². The Morgan fingerprint density at radius 1 is 1.23 bits per heavy atom. The number of ether oxygens (including phenoxy) is 1. The van der Waals surface area contributed by atoms with Gasteiger partial charge in [-0.25, -0.2) is 0 Å². The molecule has 4 aliphatic carbocycles. The number of carbonyl (C=O) groups excluding carboxylic acids is 3. The molecular weight excluding hydrogens is 399 g/mol. The van der Waals surface area contributed by atoms with Crippen molar-refractivity contribution < 1.29 is 34.4 Å². The van der Waals surface area contributed by atoms with Gasteiger partial charge in [0.2, 0.25) is 5.78 Å². The molecule has 8 atom stereocenters. The van der Waals surface area contributed by atoms with Gasteiger partial charge in [0.15, 0.2) is 18.0 Å². The Morgan fingerprint density at radius 3 is 2.55 bits per heavy atom. The van der Waals surface area contributed by atoms with Crippen molar-refractivity contribution in [2.24, 2.45) is 22.7 Å². The van der Waals surface area contributed by atoms with Gasteiger partial charge in [0.05, 0.1) is 12.2 Å². The third-order valence-corrected chi connectivity index (χ3v) is 9.45. The van der Waals surface area contributed by atoms with Gasteiger partial charge in [-0.1, -0.05) is 25.5 Å². The van der Waals surface area contributed by atoms with Gasteiger partial charge in [0, 0.05) is 17.8 Å². The highest BCUT2D eigenvalue weighted by molar-refractivity contribution is 6.18. The first-order valence-electron chi connectivity index (χ1n) is 11.0. The molecule has 0 spiro atoms. The van der Waals surface area contributed by atoms with Crippen molar-refractivity contribution in [3.05, 3.63) is 23.8 Å². The van der Waals surface area contributed by atoms with E-state index in [1.807, 2.05) is 20.8 Å². The molecule has 0 saturated heterocycles. The van der Waals surface area contributed by atoms with Crippen LogP contribution in [0.2, 0.25) is 5.31 Å². The molecule has 168 valence electrons. The Balaban J connectivity index is 1.76. The van der Waals surface area contributed by atoms with Crippen molar-refractivity contribution in [1.82, 2.24) is 0 Å². The molecule has 4 unspecified atom stereocenters. The van der Waals surface area contributed by atoms with E-state index in [0.717, 1.165) is 5.57 Å². The van der Waals surface area contributed by atoms with Crippen molar-refractivity contribution in [2.45, 2.75) is 69.6 Å². The Bertz CT molecular complexity index is 912. The van der Waals surface area contributed by atoms with Gasteiger partial charge in [-0.15, -0.1) is 0 Å². The Kier molecular flexibility index (Phi) is 4.97. The molecule has 0 aromatic rings. The summed E-state index contributed by atoms with van der Waals surface area (Å²) in [6.45, 7) is 4.37. The smallest absolute Gasteiger partial charge is 0.303 e. The number of aliphatic hydroxyl groups is 3. The summed E-state index contributed by atoms with van der Waals surface area (Å²) in [7, 11) is 2.03. The van der Waals surface area contributed by atoms with Crippen LogP contribution in [0.4, 0.5) is 0 Å². The Labute approximate surface area is 182 Å². The largest absolute Gasteiger partial charge is 0.458 e. The number of hydrogen-bond acceptors (Lipinski definition) is 7. The third-order valence-electron chi connectivity index (χ3n) is 9.45. The normalized spacial score (nSPS) is 48.3. The van der Waals surface area contributed by atoms with Gasteiger partial charge in [-0.2, -0.15) is 0 Å². The Hall–Kier alpha value is -1.77. The molecule has 0 radical (unpaired) electrons. The minimum absolute atomic E-state index is 0.0496. The van der Waals surface area contributed by atoms with Crippen molar-refractivity contribution in [3.63, 3.8) is 0 Å². The number of allylic oxidation sites excluding steroid dienone is 4. The molecule has 0 aromatic heterocycles. The van der Waals surface area contributed by atoms with E-state index in [-0.39, 0.29) is 30.5 Å². The molecular formula is C23H31BO7. The van der Waals surface area contributed by atoms with Crippen LogP contribution in [0.1, 0.15) is 46.5 Å². The van der Waals surface area contributed by atoms with Crippen LogP contribution in [0.3, 0.4) is 0 Å². The molecule has 3 saturated carbocycles. The van der Waals surface area contributed by atoms with E-state index >= 15 is 0 Å². The van der Waals surface area contributed by atoms with Crippen LogP contribution in [-0.4, -0.2) is 65.1 Å². The average molecular weight is 430 g/mol. The predicted molar refractivity (Wildman–Crippen MR) is 114 cm³/mol. The van der Waals surface area contributed by atoms with E-state index in [1.54, 1.807) is 19.1 Å². The van der Waals surface area contributed by atoms with Crippen LogP contribution in [0.15, 0.2) is 23.8 Å². The first kappa shape index (κ1) is 22.4. The van der Waals surface area contributed by atoms with Gasteiger partial charge in [0.1, 0.15) is 7.85 Å².